The van der Waals surface area contributed by atoms with E-state index in [-0.39, 0.29) is 23.9 Å². The van der Waals surface area contributed by atoms with Crippen molar-refractivity contribution in [3.8, 4) is 11.5 Å². The molecule has 0 aromatic heterocycles. The quantitative estimate of drug-likeness (QED) is 0.646. The van der Waals surface area contributed by atoms with E-state index >= 15 is 0 Å². The predicted octanol–water partition coefficient (Wildman–Crippen LogP) is 3.77. The van der Waals surface area contributed by atoms with Crippen molar-refractivity contribution >= 4 is 34.7 Å². The summed E-state index contributed by atoms with van der Waals surface area (Å²) < 4.78 is 16.8. The molecule has 2 fully saturated rings. The molecule has 2 aromatic carbocycles. The van der Waals surface area contributed by atoms with Gasteiger partial charge >= 0.3 is 6.09 Å². The van der Waals surface area contributed by atoms with Crippen LogP contribution in [-0.4, -0.2) is 47.8 Å². The molecule has 2 saturated heterocycles. The van der Waals surface area contributed by atoms with Crippen molar-refractivity contribution in [3.05, 3.63) is 54.1 Å². The summed E-state index contributed by atoms with van der Waals surface area (Å²) >= 11 is 1.01. The third-order valence-electron chi connectivity index (χ3n) is 4.94. The Labute approximate surface area is 190 Å². The van der Waals surface area contributed by atoms with E-state index in [0.29, 0.717) is 18.7 Å². The molecule has 3 amide bonds. The first-order valence-electron chi connectivity index (χ1n) is 10.4. The first kappa shape index (κ1) is 22.0. The highest BCUT2D eigenvalue weighted by Crippen LogP contribution is 2.26. The van der Waals surface area contributed by atoms with Gasteiger partial charge in [-0.25, -0.2) is 4.79 Å². The summed E-state index contributed by atoms with van der Waals surface area (Å²) in [6, 6.07) is 14.6. The van der Waals surface area contributed by atoms with Gasteiger partial charge in [0.05, 0.1) is 17.9 Å². The van der Waals surface area contributed by atoms with Gasteiger partial charge in [0.2, 0.25) is 5.91 Å². The highest BCUT2D eigenvalue weighted by atomic mass is 32.2. The molecule has 0 saturated carbocycles. The second-order valence-electron chi connectivity index (χ2n) is 7.82. The molecule has 2 aliphatic rings. The smallest absolute Gasteiger partial charge is 0.414 e. The Morgan fingerprint density at radius 3 is 2.38 bits per heavy atom. The maximum atomic E-state index is 12.3. The zero-order valence-electron chi connectivity index (χ0n) is 17.8. The Balaban J connectivity index is 1.27. The third kappa shape index (κ3) is 5.34. The van der Waals surface area contributed by atoms with Gasteiger partial charge in [-0.1, -0.05) is 23.9 Å². The molecule has 9 heteroatoms. The number of cyclic esters (lactones) is 1. The number of anilines is 1. The summed E-state index contributed by atoms with van der Waals surface area (Å²) in [6.45, 7) is 4.53. The molecule has 0 radical (unpaired) electrons. The summed E-state index contributed by atoms with van der Waals surface area (Å²) in [6.07, 6.45) is -0.246. The zero-order valence-corrected chi connectivity index (χ0v) is 18.6. The standard InChI is InChI=1S/C23H24N2O6S/c1-14(2)30-18-9-5-16(6-10-18)25-12-19(31-23(25)28)13-29-17-7-3-15(4-8-17)11-20-21(26)24-22(27)32-20/h3-10,14,19-20H,11-13H2,1-2H3,(H,24,26,27). The highest BCUT2D eigenvalue weighted by Gasteiger charge is 2.33. The molecule has 2 aromatic rings. The minimum absolute atomic E-state index is 0.0819. The van der Waals surface area contributed by atoms with Crippen LogP contribution in [0, 0.1) is 0 Å². The molecule has 0 aliphatic carbocycles. The lowest BCUT2D eigenvalue weighted by molar-refractivity contribution is -0.118. The predicted molar refractivity (Wildman–Crippen MR) is 120 cm³/mol. The first-order valence-corrected chi connectivity index (χ1v) is 11.2. The monoisotopic (exact) mass is 456 g/mol. The van der Waals surface area contributed by atoms with Gasteiger partial charge in [0, 0.05) is 5.69 Å². The van der Waals surface area contributed by atoms with Crippen LogP contribution in [0.5, 0.6) is 11.5 Å². The number of benzene rings is 2. The van der Waals surface area contributed by atoms with Crippen molar-refractivity contribution in [1.29, 1.82) is 0 Å². The Hall–Kier alpha value is -3.20. The van der Waals surface area contributed by atoms with Gasteiger partial charge in [0.25, 0.3) is 5.24 Å². The van der Waals surface area contributed by atoms with Gasteiger partial charge < -0.3 is 14.2 Å². The summed E-state index contributed by atoms with van der Waals surface area (Å²) in [5.74, 6) is 1.13. The molecule has 2 unspecified atom stereocenters. The number of nitrogens with one attached hydrogen (secondary N) is 1. The van der Waals surface area contributed by atoms with Crippen LogP contribution in [0.1, 0.15) is 19.4 Å². The van der Waals surface area contributed by atoms with Gasteiger partial charge in [-0.15, -0.1) is 0 Å². The fourth-order valence-corrected chi connectivity index (χ4v) is 4.31. The number of amides is 3. The lowest BCUT2D eigenvalue weighted by atomic mass is 10.1. The number of thioether (sulfide) groups is 1. The number of hydrogen-bond donors (Lipinski definition) is 1. The maximum absolute atomic E-state index is 12.3. The number of nitrogens with zero attached hydrogens (tertiary/aromatic N) is 1. The fraction of sp³-hybridized carbons (Fsp3) is 0.348. The minimum Gasteiger partial charge on any atom is -0.491 e. The van der Waals surface area contributed by atoms with Crippen LogP contribution in [-0.2, 0) is 16.0 Å². The maximum Gasteiger partial charge on any atom is 0.414 e. The van der Waals surface area contributed by atoms with Crippen molar-refractivity contribution in [2.45, 2.75) is 37.7 Å². The lowest BCUT2D eigenvalue weighted by Crippen LogP contribution is -2.26. The lowest BCUT2D eigenvalue weighted by Gasteiger charge is -2.15. The van der Waals surface area contributed by atoms with E-state index < -0.39 is 17.4 Å². The van der Waals surface area contributed by atoms with Crippen LogP contribution in [0.4, 0.5) is 15.3 Å². The average molecular weight is 457 g/mol. The zero-order chi connectivity index (χ0) is 22.7. The van der Waals surface area contributed by atoms with Gasteiger partial charge in [0.1, 0.15) is 18.1 Å². The van der Waals surface area contributed by atoms with E-state index in [9.17, 15) is 14.4 Å². The average Bonchev–Trinajstić information content (AvgIpc) is 3.28. The summed E-state index contributed by atoms with van der Waals surface area (Å²) in [4.78, 5) is 36.8. The molecule has 32 heavy (non-hydrogen) atoms. The van der Waals surface area contributed by atoms with Gasteiger partial charge in [-0.2, -0.15) is 0 Å². The van der Waals surface area contributed by atoms with Crippen molar-refractivity contribution in [2.75, 3.05) is 18.1 Å². The summed E-state index contributed by atoms with van der Waals surface area (Å²) in [5, 5.41) is 1.58. The van der Waals surface area contributed by atoms with E-state index in [1.165, 1.54) is 0 Å². The first-order chi connectivity index (χ1) is 15.4. The van der Waals surface area contributed by atoms with Crippen LogP contribution < -0.4 is 19.7 Å². The van der Waals surface area contributed by atoms with Crippen LogP contribution >= 0.6 is 11.8 Å². The van der Waals surface area contributed by atoms with Crippen LogP contribution in [0.15, 0.2) is 48.5 Å². The molecule has 0 bridgehead atoms. The number of imide groups is 1. The summed E-state index contributed by atoms with van der Waals surface area (Å²) in [5.41, 5.74) is 1.67. The van der Waals surface area contributed by atoms with Crippen LogP contribution in [0.25, 0.3) is 0 Å². The van der Waals surface area contributed by atoms with Gasteiger partial charge in [-0.3, -0.25) is 19.8 Å². The van der Waals surface area contributed by atoms with Crippen molar-refractivity contribution in [1.82, 2.24) is 5.32 Å². The fourth-order valence-electron chi connectivity index (χ4n) is 3.45. The number of carbonyl (C=O) groups excluding carboxylic acids is 3. The normalized spacial score (nSPS) is 20.5. The van der Waals surface area contributed by atoms with Crippen molar-refractivity contribution < 1.29 is 28.6 Å². The van der Waals surface area contributed by atoms with Crippen molar-refractivity contribution in [3.63, 3.8) is 0 Å². The number of ether oxygens (including phenoxy) is 3. The molecule has 8 nitrogen and oxygen atoms in total. The Morgan fingerprint density at radius 2 is 1.75 bits per heavy atom. The second kappa shape index (κ2) is 9.52. The Morgan fingerprint density at radius 1 is 1.06 bits per heavy atom. The topological polar surface area (TPSA) is 94.2 Å². The molecule has 2 atom stereocenters. The van der Waals surface area contributed by atoms with Crippen LogP contribution in [0.3, 0.4) is 0 Å². The highest BCUT2D eigenvalue weighted by molar-refractivity contribution is 8.15. The Bertz CT molecular complexity index is 993. The minimum atomic E-state index is -0.409. The molecule has 4 rings (SSSR count). The number of hydrogen-bond acceptors (Lipinski definition) is 7. The van der Waals surface area contributed by atoms with E-state index in [4.69, 9.17) is 14.2 Å². The molecule has 2 heterocycles. The molecule has 1 N–H and O–H groups in total. The van der Waals surface area contributed by atoms with Gasteiger partial charge in [0.15, 0.2) is 6.10 Å². The van der Waals surface area contributed by atoms with E-state index in [1.807, 2.05) is 50.2 Å². The summed E-state index contributed by atoms with van der Waals surface area (Å²) in [7, 11) is 0. The van der Waals surface area contributed by atoms with Crippen molar-refractivity contribution in [2.24, 2.45) is 0 Å². The van der Waals surface area contributed by atoms with E-state index in [1.54, 1.807) is 17.0 Å². The van der Waals surface area contributed by atoms with E-state index in [0.717, 1.165) is 28.8 Å². The third-order valence-corrected chi connectivity index (χ3v) is 5.92. The van der Waals surface area contributed by atoms with Gasteiger partial charge in [-0.05, 0) is 62.2 Å². The van der Waals surface area contributed by atoms with E-state index in [2.05, 4.69) is 5.32 Å². The molecular formula is C23H24N2O6S. The Kier molecular flexibility index (Phi) is 6.55. The molecule has 168 valence electrons. The largest absolute Gasteiger partial charge is 0.491 e. The number of carbonyl (C=O) groups is 3. The molecule has 0 spiro atoms. The molecular weight excluding hydrogens is 432 g/mol. The second-order valence-corrected chi connectivity index (χ2v) is 8.99. The SMILES string of the molecule is CC(C)Oc1ccc(N2CC(COc3ccc(CC4SC(=O)NC4=O)cc3)OC2=O)cc1. The number of rotatable bonds is 8. The van der Waals surface area contributed by atoms with Crippen LogP contribution in [0.2, 0.25) is 0 Å². The molecule has 2 aliphatic heterocycles.